The van der Waals surface area contributed by atoms with Gasteiger partial charge in [-0.1, -0.05) is 32.9 Å². The largest absolute Gasteiger partial charge is 0.455 e. The highest BCUT2D eigenvalue weighted by Crippen LogP contribution is 2.14. The Bertz CT molecular complexity index is 113. The average Bonchev–Trinajstić information content (AvgIpc) is 1.59. The SMILES string of the molecule is CC(C)(C)/C=C/CB(O)O. The standard InChI is InChI=1S/C7H15BO2/c1-7(2,3)5-4-6-8(9)10/h4-5,9-10H,6H2,1-3H3/b5-4+. The van der Waals surface area contributed by atoms with E-state index in [4.69, 9.17) is 10.0 Å². The molecular weight excluding hydrogens is 127 g/mol. The minimum atomic E-state index is -1.21. The van der Waals surface area contributed by atoms with Crippen molar-refractivity contribution in [3.05, 3.63) is 12.2 Å². The van der Waals surface area contributed by atoms with Gasteiger partial charge < -0.3 is 10.0 Å². The Labute approximate surface area is 62.7 Å². The van der Waals surface area contributed by atoms with Crippen LogP contribution in [-0.2, 0) is 0 Å². The van der Waals surface area contributed by atoms with Crippen molar-refractivity contribution in [1.29, 1.82) is 0 Å². The summed E-state index contributed by atoms with van der Waals surface area (Å²) in [6.07, 6.45) is 4.06. The third kappa shape index (κ3) is 7.72. The first-order valence-electron chi connectivity index (χ1n) is 3.45. The lowest BCUT2D eigenvalue weighted by atomic mass is 9.84. The van der Waals surface area contributed by atoms with E-state index in [1.807, 2.05) is 6.08 Å². The van der Waals surface area contributed by atoms with Crippen molar-refractivity contribution in [2.45, 2.75) is 27.1 Å². The molecule has 0 heterocycles. The van der Waals surface area contributed by atoms with Gasteiger partial charge in [-0.3, -0.25) is 0 Å². The van der Waals surface area contributed by atoms with Crippen LogP contribution in [0.25, 0.3) is 0 Å². The van der Waals surface area contributed by atoms with E-state index in [-0.39, 0.29) is 5.41 Å². The summed E-state index contributed by atoms with van der Waals surface area (Å²) < 4.78 is 0. The summed E-state index contributed by atoms with van der Waals surface area (Å²) in [5.41, 5.74) is 0.134. The Morgan fingerprint density at radius 3 is 2.10 bits per heavy atom. The summed E-state index contributed by atoms with van der Waals surface area (Å²) in [5.74, 6) is 0. The molecule has 0 atom stereocenters. The smallest absolute Gasteiger partial charge is 0.427 e. The van der Waals surface area contributed by atoms with E-state index in [2.05, 4.69) is 20.8 Å². The van der Waals surface area contributed by atoms with Gasteiger partial charge in [-0.05, 0) is 11.7 Å². The van der Waals surface area contributed by atoms with Crippen LogP contribution < -0.4 is 0 Å². The van der Waals surface area contributed by atoms with E-state index in [9.17, 15) is 0 Å². The molecule has 0 aromatic carbocycles. The first kappa shape index (κ1) is 9.72. The van der Waals surface area contributed by atoms with Crippen molar-refractivity contribution in [2.24, 2.45) is 5.41 Å². The summed E-state index contributed by atoms with van der Waals surface area (Å²) in [4.78, 5) is 0. The molecule has 0 saturated heterocycles. The van der Waals surface area contributed by atoms with Gasteiger partial charge in [0, 0.05) is 0 Å². The van der Waals surface area contributed by atoms with Crippen LogP contribution in [0.3, 0.4) is 0 Å². The van der Waals surface area contributed by atoms with Crippen molar-refractivity contribution in [3.63, 3.8) is 0 Å². The van der Waals surface area contributed by atoms with E-state index in [1.165, 1.54) is 0 Å². The van der Waals surface area contributed by atoms with Gasteiger partial charge in [-0.25, -0.2) is 0 Å². The summed E-state index contributed by atoms with van der Waals surface area (Å²) in [6.45, 7) is 6.19. The molecule has 0 aliphatic rings. The molecule has 3 heteroatoms. The molecule has 0 bridgehead atoms. The van der Waals surface area contributed by atoms with Gasteiger partial charge in [-0.2, -0.15) is 0 Å². The first-order chi connectivity index (χ1) is 4.42. The van der Waals surface area contributed by atoms with Gasteiger partial charge in [0.2, 0.25) is 0 Å². The van der Waals surface area contributed by atoms with Crippen LogP contribution in [0.4, 0.5) is 0 Å². The topological polar surface area (TPSA) is 40.5 Å². The molecule has 2 nitrogen and oxygen atoms in total. The minimum absolute atomic E-state index is 0.134. The fraction of sp³-hybridized carbons (Fsp3) is 0.714. The second-order valence-electron chi connectivity index (χ2n) is 3.48. The summed E-state index contributed by atoms with van der Waals surface area (Å²) in [5, 5.41) is 16.9. The van der Waals surface area contributed by atoms with Crippen LogP contribution in [0.5, 0.6) is 0 Å². The molecule has 0 spiro atoms. The molecule has 0 aromatic heterocycles. The van der Waals surface area contributed by atoms with Gasteiger partial charge in [0.25, 0.3) is 0 Å². The Kier molecular flexibility index (Phi) is 3.68. The average molecular weight is 142 g/mol. The molecule has 0 aliphatic heterocycles. The molecule has 0 saturated carbocycles. The Morgan fingerprint density at radius 1 is 1.30 bits per heavy atom. The monoisotopic (exact) mass is 142 g/mol. The highest BCUT2D eigenvalue weighted by atomic mass is 16.4. The molecule has 2 N–H and O–H groups in total. The molecule has 0 aliphatic carbocycles. The predicted octanol–water partition coefficient (Wildman–Crippen LogP) is 1.06. The predicted molar refractivity (Wildman–Crippen MR) is 43.6 cm³/mol. The van der Waals surface area contributed by atoms with Crippen LogP contribution in [0.15, 0.2) is 12.2 Å². The van der Waals surface area contributed by atoms with Gasteiger partial charge in [-0.15, -0.1) is 0 Å². The molecule has 0 amide bonds. The molecule has 0 rings (SSSR count). The van der Waals surface area contributed by atoms with E-state index in [1.54, 1.807) is 6.08 Å². The number of hydrogen-bond acceptors (Lipinski definition) is 2. The lowest BCUT2D eigenvalue weighted by molar-refractivity contribution is 0.410. The molecule has 0 unspecified atom stereocenters. The Morgan fingerprint density at radius 2 is 1.80 bits per heavy atom. The van der Waals surface area contributed by atoms with E-state index >= 15 is 0 Å². The minimum Gasteiger partial charge on any atom is -0.427 e. The van der Waals surface area contributed by atoms with Gasteiger partial charge in [0.15, 0.2) is 0 Å². The first-order valence-corrected chi connectivity index (χ1v) is 3.45. The highest BCUT2D eigenvalue weighted by Gasteiger charge is 2.06. The second-order valence-corrected chi connectivity index (χ2v) is 3.48. The van der Waals surface area contributed by atoms with Crippen LogP contribution in [-0.4, -0.2) is 17.2 Å². The van der Waals surface area contributed by atoms with Crippen molar-refractivity contribution in [3.8, 4) is 0 Å². The van der Waals surface area contributed by atoms with Crippen LogP contribution in [0.2, 0.25) is 6.32 Å². The Hall–Kier alpha value is -0.275. The molecule has 0 radical (unpaired) electrons. The quantitative estimate of drug-likeness (QED) is 0.447. The van der Waals surface area contributed by atoms with Crippen molar-refractivity contribution in [1.82, 2.24) is 0 Å². The molecular formula is C7H15BO2. The molecule has 10 heavy (non-hydrogen) atoms. The van der Waals surface area contributed by atoms with Crippen molar-refractivity contribution < 1.29 is 10.0 Å². The molecule has 0 fully saturated rings. The van der Waals surface area contributed by atoms with Crippen LogP contribution >= 0.6 is 0 Å². The highest BCUT2D eigenvalue weighted by molar-refractivity contribution is 6.41. The van der Waals surface area contributed by atoms with Crippen molar-refractivity contribution >= 4 is 7.12 Å². The van der Waals surface area contributed by atoms with Gasteiger partial charge in [0.05, 0.1) is 0 Å². The van der Waals surface area contributed by atoms with E-state index in [0.717, 1.165) is 0 Å². The summed E-state index contributed by atoms with van der Waals surface area (Å²) in [6, 6.07) is 0. The zero-order chi connectivity index (χ0) is 8.20. The maximum Gasteiger partial charge on any atom is 0.455 e. The number of hydrogen-bond donors (Lipinski definition) is 2. The third-order valence-corrected chi connectivity index (χ3v) is 0.965. The lowest BCUT2D eigenvalue weighted by Gasteiger charge is -2.10. The van der Waals surface area contributed by atoms with Crippen molar-refractivity contribution in [2.75, 3.05) is 0 Å². The zero-order valence-electron chi connectivity index (χ0n) is 6.83. The van der Waals surface area contributed by atoms with E-state index in [0.29, 0.717) is 6.32 Å². The van der Waals surface area contributed by atoms with Gasteiger partial charge >= 0.3 is 7.12 Å². The number of rotatable bonds is 2. The van der Waals surface area contributed by atoms with Crippen LogP contribution in [0, 0.1) is 5.41 Å². The number of allylic oxidation sites excluding steroid dienone is 2. The Balaban J connectivity index is 3.57. The zero-order valence-corrected chi connectivity index (χ0v) is 6.83. The summed E-state index contributed by atoms with van der Waals surface area (Å²) >= 11 is 0. The summed E-state index contributed by atoms with van der Waals surface area (Å²) in [7, 11) is -1.21. The lowest BCUT2D eigenvalue weighted by Crippen LogP contribution is -2.08. The maximum atomic E-state index is 8.45. The normalized spacial score (nSPS) is 12.5. The van der Waals surface area contributed by atoms with E-state index < -0.39 is 7.12 Å². The molecule has 58 valence electrons. The van der Waals surface area contributed by atoms with Crippen LogP contribution in [0.1, 0.15) is 20.8 Å². The third-order valence-electron chi connectivity index (χ3n) is 0.965. The fourth-order valence-electron chi connectivity index (χ4n) is 0.543. The maximum absolute atomic E-state index is 8.45. The fourth-order valence-corrected chi connectivity index (χ4v) is 0.543. The van der Waals surface area contributed by atoms with Gasteiger partial charge in [0.1, 0.15) is 0 Å². The molecule has 0 aromatic rings. The second kappa shape index (κ2) is 3.79.